The first-order chi connectivity index (χ1) is 7.34. The summed E-state index contributed by atoms with van der Waals surface area (Å²) in [5.74, 6) is -5.93. The normalized spacial score (nSPS) is 10.1. The Morgan fingerprint density at radius 3 is 2.25 bits per heavy atom. The van der Waals surface area contributed by atoms with E-state index in [1.165, 1.54) is 6.92 Å². The third-order valence-corrected chi connectivity index (χ3v) is 1.82. The first-order valence-electron chi connectivity index (χ1n) is 4.36. The summed E-state index contributed by atoms with van der Waals surface area (Å²) in [5.41, 5.74) is -0.0278. The molecule has 2 nitrogen and oxygen atoms in total. The predicted octanol–water partition coefficient (Wildman–Crippen LogP) is 3.06. The van der Waals surface area contributed by atoms with E-state index in [-0.39, 0.29) is 11.1 Å². The Morgan fingerprint density at radius 2 is 1.81 bits per heavy atom. The molecule has 0 saturated heterocycles. The van der Waals surface area contributed by atoms with Crippen LogP contribution in [0.15, 0.2) is 12.6 Å². The van der Waals surface area contributed by atoms with Crippen LogP contribution in [0.3, 0.4) is 0 Å². The van der Waals surface area contributed by atoms with Crippen molar-refractivity contribution in [2.45, 2.75) is 13.8 Å². The van der Waals surface area contributed by atoms with E-state index in [0.717, 1.165) is 6.92 Å². The van der Waals surface area contributed by atoms with Gasteiger partial charge in [-0.25, -0.2) is 8.78 Å². The number of ether oxygens (including phenoxy) is 1. The second-order valence-corrected chi connectivity index (χ2v) is 3.24. The Labute approximate surface area is 90.3 Å². The Hall–Kier alpha value is -1.78. The maximum atomic E-state index is 13.6. The van der Waals surface area contributed by atoms with Crippen molar-refractivity contribution in [1.82, 2.24) is 0 Å². The lowest BCUT2D eigenvalue weighted by Crippen LogP contribution is -2.08. The number of hydrogen-bond donors (Lipinski definition) is 0. The van der Waals surface area contributed by atoms with Crippen molar-refractivity contribution in [3.05, 3.63) is 35.7 Å². The molecule has 0 bridgehead atoms. The molecule has 0 aliphatic rings. The molecule has 86 valence electrons. The Morgan fingerprint density at radius 1 is 1.25 bits per heavy atom. The first-order valence-corrected chi connectivity index (χ1v) is 4.36. The number of carbonyl (C=O) groups is 1. The van der Waals surface area contributed by atoms with Gasteiger partial charge in [-0.05, 0) is 18.6 Å². The van der Waals surface area contributed by atoms with Crippen molar-refractivity contribution in [3.8, 4) is 5.75 Å². The van der Waals surface area contributed by atoms with E-state index in [0.29, 0.717) is 6.07 Å². The van der Waals surface area contributed by atoms with E-state index >= 15 is 0 Å². The van der Waals surface area contributed by atoms with Gasteiger partial charge in [0.15, 0.2) is 11.6 Å². The standard InChI is InChI=1S/C11H9F3O2/c1-5(2)7-4-8(12)10(14)11(9(7)13)16-6(3)15/h4H,1H2,2-3H3. The average molecular weight is 230 g/mol. The molecule has 0 saturated carbocycles. The van der Waals surface area contributed by atoms with E-state index in [1.807, 2.05) is 0 Å². The van der Waals surface area contributed by atoms with Crippen LogP contribution in [0.5, 0.6) is 5.75 Å². The quantitative estimate of drug-likeness (QED) is 0.443. The fourth-order valence-electron chi connectivity index (χ4n) is 1.12. The van der Waals surface area contributed by atoms with Gasteiger partial charge in [0.1, 0.15) is 0 Å². The van der Waals surface area contributed by atoms with Crippen LogP contribution in [0.4, 0.5) is 13.2 Å². The molecule has 0 unspecified atom stereocenters. The molecule has 0 radical (unpaired) electrons. The summed E-state index contributed by atoms with van der Waals surface area (Å²) in [6.45, 7) is 5.79. The summed E-state index contributed by atoms with van der Waals surface area (Å²) < 4.78 is 44.1. The summed E-state index contributed by atoms with van der Waals surface area (Å²) in [7, 11) is 0. The number of allylic oxidation sites excluding steroid dienone is 1. The molecular weight excluding hydrogens is 221 g/mol. The van der Waals surface area contributed by atoms with E-state index < -0.39 is 29.2 Å². The van der Waals surface area contributed by atoms with Crippen molar-refractivity contribution >= 4 is 11.5 Å². The molecule has 16 heavy (non-hydrogen) atoms. The van der Waals surface area contributed by atoms with Gasteiger partial charge in [0.2, 0.25) is 11.6 Å². The second kappa shape index (κ2) is 4.38. The molecule has 0 atom stereocenters. The van der Waals surface area contributed by atoms with Gasteiger partial charge in [-0.2, -0.15) is 4.39 Å². The molecule has 1 aromatic rings. The predicted molar refractivity (Wildman–Crippen MR) is 52.3 cm³/mol. The minimum Gasteiger partial charge on any atom is -0.420 e. The number of benzene rings is 1. The molecule has 0 heterocycles. The van der Waals surface area contributed by atoms with Crippen LogP contribution in [0.25, 0.3) is 5.57 Å². The zero-order chi connectivity index (χ0) is 12.5. The molecule has 0 aliphatic carbocycles. The van der Waals surface area contributed by atoms with Gasteiger partial charge in [0.05, 0.1) is 0 Å². The molecule has 0 fully saturated rings. The van der Waals surface area contributed by atoms with Crippen LogP contribution in [0.2, 0.25) is 0 Å². The third kappa shape index (κ3) is 2.24. The lowest BCUT2D eigenvalue weighted by atomic mass is 10.1. The van der Waals surface area contributed by atoms with Gasteiger partial charge in [0, 0.05) is 12.5 Å². The molecule has 1 aromatic carbocycles. The molecule has 1 rings (SSSR count). The summed E-state index contributed by atoms with van der Waals surface area (Å²) in [4.78, 5) is 10.6. The van der Waals surface area contributed by atoms with Crippen molar-refractivity contribution in [1.29, 1.82) is 0 Å². The minimum atomic E-state index is -1.53. The maximum Gasteiger partial charge on any atom is 0.308 e. The Balaban J connectivity index is 3.45. The summed E-state index contributed by atoms with van der Waals surface area (Å²) in [6, 6.07) is 0.667. The highest BCUT2D eigenvalue weighted by atomic mass is 19.2. The molecule has 0 N–H and O–H groups in total. The SMILES string of the molecule is C=C(C)c1cc(F)c(F)c(OC(C)=O)c1F. The molecular formula is C11H9F3O2. The highest BCUT2D eigenvalue weighted by Crippen LogP contribution is 2.30. The first kappa shape index (κ1) is 12.3. The molecule has 0 spiro atoms. The lowest BCUT2D eigenvalue weighted by molar-refractivity contribution is -0.132. The number of carbonyl (C=O) groups excluding carboxylic acids is 1. The van der Waals surface area contributed by atoms with Crippen LogP contribution in [-0.2, 0) is 4.79 Å². The van der Waals surface area contributed by atoms with Crippen LogP contribution in [-0.4, -0.2) is 5.97 Å². The topological polar surface area (TPSA) is 26.3 Å². The monoisotopic (exact) mass is 230 g/mol. The van der Waals surface area contributed by atoms with Crippen LogP contribution >= 0.6 is 0 Å². The van der Waals surface area contributed by atoms with E-state index in [9.17, 15) is 18.0 Å². The Kier molecular flexibility index (Phi) is 3.37. The smallest absolute Gasteiger partial charge is 0.308 e. The maximum absolute atomic E-state index is 13.6. The minimum absolute atomic E-state index is 0.199. The van der Waals surface area contributed by atoms with Gasteiger partial charge in [-0.15, -0.1) is 0 Å². The van der Waals surface area contributed by atoms with Gasteiger partial charge in [-0.3, -0.25) is 4.79 Å². The van der Waals surface area contributed by atoms with E-state index in [4.69, 9.17) is 0 Å². The van der Waals surface area contributed by atoms with Crippen molar-refractivity contribution in [2.75, 3.05) is 0 Å². The highest BCUT2D eigenvalue weighted by Gasteiger charge is 2.21. The number of halogens is 3. The zero-order valence-electron chi connectivity index (χ0n) is 8.73. The Bertz CT molecular complexity index is 467. The molecule has 0 aliphatic heterocycles. The van der Waals surface area contributed by atoms with Crippen LogP contribution < -0.4 is 4.74 Å². The van der Waals surface area contributed by atoms with Crippen molar-refractivity contribution in [3.63, 3.8) is 0 Å². The van der Waals surface area contributed by atoms with Crippen molar-refractivity contribution < 1.29 is 22.7 Å². The molecule has 5 heteroatoms. The second-order valence-electron chi connectivity index (χ2n) is 3.24. The summed E-state index contributed by atoms with van der Waals surface area (Å²) in [5, 5.41) is 0. The van der Waals surface area contributed by atoms with Gasteiger partial charge >= 0.3 is 5.97 Å². The number of hydrogen-bond acceptors (Lipinski definition) is 2. The van der Waals surface area contributed by atoms with Crippen molar-refractivity contribution in [2.24, 2.45) is 0 Å². The van der Waals surface area contributed by atoms with E-state index in [2.05, 4.69) is 11.3 Å². The van der Waals surface area contributed by atoms with Crippen LogP contribution in [0.1, 0.15) is 19.4 Å². The van der Waals surface area contributed by atoms with Gasteiger partial charge in [-0.1, -0.05) is 6.58 Å². The van der Waals surface area contributed by atoms with Gasteiger partial charge < -0.3 is 4.74 Å². The fraction of sp³-hybridized carbons (Fsp3) is 0.182. The third-order valence-electron chi connectivity index (χ3n) is 1.82. The molecule has 0 aromatic heterocycles. The average Bonchev–Trinajstić information content (AvgIpc) is 2.17. The summed E-state index contributed by atoms with van der Waals surface area (Å²) in [6.07, 6.45) is 0. The number of rotatable bonds is 2. The lowest BCUT2D eigenvalue weighted by Gasteiger charge is -2.09. The number of esters is 1. The summed E-state index contributed by atoms with van der Waals surface area (Å²) >= 11 is 0. The van der Waals surface area contributed by atoms with Gasteiger partial charge in [0.25, 0.3) is 0 Å². The fourth-order valence-corrected chi connectivity index (χ4v) is 1.12. The highest BCUT2D eigenvalue weighted by molar-refractivity contribution is 5.71. The van der Waals surface area contributed by atoms with Crippen LogP contribution in [0, 0.1) is 17.5 Å². The molecule has 0 amide bonds. The zero-order valence-corrected chi connectivity index (χ0v) is 8.73. The van der Waals surface area contributed by atoms with E-state index in [1.54, 1.807) is 0 Å². The largest absolute Gasteiger partial charge is 0.420 e.